The average Bonchev–Trinajstić information content (AvgIpc) is 2.96. The molecule has 3 N–H and O–H groups in total. The van der Waals surface area contributed by atoms with Crippen molar-refractivity contribution in [3.8, 4) is 6.07 Å². The molecule has 0 aliphatic rings. The molecule has 1 amide bonds. The molecule has 0 aliphatic heterocycles. The Kier molecular flexibility index (Phi) is 3.46. The van der Waals surface area contributed by atoms with Gasteiger partial charge in [-0.05, 0) is 30.7 Å². The number of thiophene rings is 1. The first-order valence-corrected chi connectivity index (χ1v) is 6.13. The molecule has 18 heavy (non-hydrogen) atoms. The second-order valence-corrected chi connectivity index (χ2v) is 5.05. The van der Waals surface area contributed by atoms with E-state index in [1.807, 2.05) is 29.8 Å². The number of hydrogen-bond donors (Lipinski definition) is 2. The van der Waals surface area contributed by atoms with Crippen molar-refractivity contribution >= 4 is 17.2 Å². The van der Waals surface area contributed by atoms with Crippen LogP contribution < -0.4 is 11.3 Å². The number of amides is 1. The fraction of sp³-hybridized carbons (Fsp3) is 0.167. The lowest BCUT2D eigenvalue weighted by molar-refractivity contribution is 0.0957. The summed E-state index contributed by atoms with van der Waals surface area (Å²) in [7, 11) is 0. The van der Waals surface area contributed by atoms with Gasteiger partial charge in [0, 0.05) is 17.6 Å². The Morgan fingerprint density at radius 1 is 1.67 bits per heavy atom. The van der Waals surface area contributed by atoms with Gasteiger partial charge in [-0.1, -0.05) is 0 Å². The van der Waals surface area contributed by atoms with Gasteiger partial charge in [0.25, 0.3) is 5.91 Å². The Hall–Kier alpha value is -2.10. The predicted molar refractivity (Wildman–Crippen MR) is 69.0 cm³/mol. The lowest BCUT2D eigenvalue weighted by Gasteiger charge is -2.03. The summed E-state index contributed by atoms with van der Waals surface area (Å²) >= 11 is 1.39. The number of nitriles is 1. The van der Waals surface area contributed by atoms with E-state index in [0.717, 1.165) is 10.4 Å². The molecule has 5 nitrogen and oxygen atoms in total. The first kappa shape index (κ1) is 12.4. The van der Waals surface area contributed by atoms with Gasteiger partial charge in [0.05, 0.1) is 4.88 Å². The number of hydrazine groups is 1. The molecule has 6 heteroatoms. The van der Waals surface area contributed by atoms with Crippen LogP contribution in [0.25, 0.3) is 0 Å². The number of carbonyl (C=O) groups excluding carboxylic acids is 1. The van der Waals surface area contributed by atoms with E-state index in [2.05, 4.69) is 11.5 Å². The number of hydrogen-bond acceptors (Lipinski definition) is 4. The molecule has 0 aliphatic carbocycles. The predicted octanol–water partition coefficient (Wildman–Crippen LogP) is 1.38. The quantitative estimate of drug-likeness (QED) is 0.497. The molecule has 0 spiro atoms. The molecule has 0 saturated carbocycles. The van der Waals surface area contributed by atoms with Crippen LogP contribution in [0.4, 0.5) is 0 Å². The maximum absolute atomic E-state index is 11.4. The normalized spacial score (nSPS) is 10.1. The standard InChI is InChI=1S/C12H12N4OS/c1-8-9(5-11(18-8)12(17)15-14)7-16-4-2-3-10(16)6-13/h2-5H,7,14H2,1H3,(H,15,17). The first-order valence-electron chi connectivity index (χ1n) is 5.31. The number of nitrogens with zero attached hydrogens (tertiary/aromatic N) is 2. The van der Waals surface area contributed by atoms with E-state index in [1.165, 1.54) is 11.3 Å². The molecule has 2 heterocycles. The van der Waals surface area contributed by atoms with Crippen LogP contribution >= 0.6 is 11.3 Å². The largest absolute Gasteiger partial charge is 0.335 e. The second kappa shape index (κ2) is 5.04. The van der Waals surface area contributed by atoms with E-state index in [9.17, 15) is 4.79 Å². The summed E-state index contributed by atoms with van der Waals surface area (Å²) in [4.78, 5) is 13.0. The molecule has 0 fully saturated rings. The molecule has 0 aromatic carbocycles. The second-order valence-electron chi connectivity index (χ2n) is 3.80. The summed E-state index contributed by atoms with van der Waals surface area (Å²) in [6.07, 6.45) is 1.85. The molecule has 0 unspecified atom stereocenters. The summed E-state index contributed by atoms with van der Waals surface area (Å²) < 4.78 is 1.85. The smallest absolute Gasteiger partial charge is 0.275 e. The zero-order valence-electron chi connectivity index (χ0n) is 9.80. The van der Waals surface area contributed by atoms with Gasteiger partial charge in [-0.3, -0.25) is 10.2 Å². The number of carbonyl (C=O) groups is 1. The van der Waals surface area contributed by atoms with E-state index in [0.29, 0.717) is 17.1 Å². The Bertz CT molecular complexity index is 620. The number of nitrogens with two attached hydrogens (primary N) is 1. The number of aryl methyl sites for hydroxylation is 1. The van der Waals surface area contributed by atoms with E-state index in [-0.39, 0.29) is 5.91 Å². The van der Waals surface area contributed by atoms with Crippen LogP contribution in [0.15, 0.2) is 24.4 Å². The highest BCUT2D eigenvalue weighted by atomic mass is 32.1. The Labute approximate surface area is 108 Å². The first-order chi connectivity index (χ1) is 8.65. The van der Waals surface area contributed by atoms with Gasteiger partial charge in [-0.15, -0.1) is 11.3 Å². The third kappa shape index (κ3) is 2.27. The Balaban J connectivity index is 2.28. The number of nitrogen functional groups attached to an aromatic ring is 1. The van der Waals surface area contributed by atoms with Gasteiger partial charge in [0.1, 0.15) is 11.8 Å². The summed E-state index contributed by atoms with van der Waals surface area (Å²) in [6.45, 7) is 2.53. The van der Waals surface area contributed by atoms with Crippen LogP contribution in [0, 0.1) is 18.3 Å². The minimum absolute atomic E-state index is 0.289. The van der Waals surface area contributed by atoms with E-state index < -0.39 is 0 Å². The topological polar surface area (TPSA) is 83.8 Å². The monoisotopic (exact) mass is 260 g/mol. The maximum atomic E-state index is 11.4. The van der Waals surface area contributed by atoms with Crippen LogP contribution in [0.1, 0.15) is 25.8 Å². The average molecular weight is 260 g/mol. The molecule has 92 valence electrons. The van der Waals surface area contributed by atoms with Gasteiger partial charge >= 0.3 is 0 Å². The van der Waals surface area contributed by atoms with Crippen molar-refractivity contribution in [1.82, 2.24) is 9.99 Å². The van der Waals surface area contributed by atoms with Crippen LogP contribution in [0.5, 0.6) is 0 Å². The number of aromatic nitrogens is 1. The SMILES string of the molecule is Cc1sc(C(=O)NN)cc1Cn1cccc1C#N. The Morgan fingerprint density at radius 3 is 3.11 bits per heavy atom. The third-order valence-electron chi connectivity index (χ3n) is 2.66. The zero-order chi connectivity index (χ0) is 13.1. The molecule has 2 aromatic rings. The molecule has 0 radical (unpaired) electrons. The van der Waals surface area contributed by atoms with Crippen molar-refractivity contribution < 1.29 is 4.79 Å². The van der Waals surface area contributed by atoms with E-state index in [1.54, 1.807) is 6.07 Å². The summed E-state index contributed by atoms with van der Waals surface area (Å²) in [5, 5.41) is 8.94. The molecule has 0 atom stereocenters. The van der Waals surface area contributed by atoms with Crippen molar-refractivity contribution in [1.29, 1.82) is 5.26 Å². The molecule has 2 rings (SSSR count). The number of rotatable bonds is 3. The van der Waals surface area contributed by atoms with Crippen LogP contribution in [-0.4, -0.2) is 10.5 Å². The molecular weight excluding hydrogens is 248 g/mol. The summed E-state index contributed by atoms with van der Waals surface area (Å²) in [5.74, 6) is 4.81. The van der Waals surface area contributed by atoms with Crippen LogP contribution in [-0.2, 0) is 6.54 Å². The fourth-order valence-electron chi connectivity index (χ4n) is 1.70. The van der Waals surface area contributed by atoms with Gasteiger partial charge in [-0.2, -0.15) is 5.26 Å². The van der Waals surface area contributed by atoms with Crippen molar-refractivity contribution in [3.63, 3.8) is 0 Å². The number of nitrogens with one attached hydrogen (secondary N) is 1. The van der Waals surface area contributed by atoms with Crippen LogP contribution in [0.3, 0.4) is 0 Å². The summed E-state index contributed by atoms with van der Waals surface area (Å²) in [5.41, 5.74) is 3.74. The van der Waals surface area contributed by atoms with Gasteiger partial charge in [0.2, 0.25) is 0 Å². The fourth-order valence-corrected chi connectivity index (χ4v) is 2.63. The van der Waals surface area contributed by atoms with Gasteiger partial charge in [0.15, 0.2) is 0 Å². The third-order valence-corrected chi connectivity index (χ3v) is 3.75. The molecular formula is C12H12N4OS. The van der Waals surface area contributed by atoms with Crippen LogP contribution in [0.2, 0.25) is 0 Å². The van der Waals surface area contributed by atoms with E-state index in [4.69, 9.17) is 11.1 Å². The molecule has 2 aromatic heterocycles. The van der Waals surface area contributed by atoms with Crippen molar-refractivity contribution in [3.05, 3.63) is 45.4 Å². The summed E-state index contributed by atoms with van der Waals surface area (Å²) in [6, 6.07) is 7.52. The molecule has 0 saturated heterocycles. The minimum atomic E-state index is -0.289. The van der Waals surface area contributed by atoms with Crippen molar-refractivity contribution in [2.24, 2.45) is 5.84 Å². The van der Waals surface area contributed by atoms with E-state index >= 15 is 0 Å². The van der Waals surface area contributed by atoms with Gasteiger partial charge < -0.3 is 4.57 Å². The maximum Gasteiger partial charge on any atom is 0.275 e. The Morgan fingerprint density at radius 2 is 2.44 bits per heavy atom. The molecule has 0 bridgehead atoms. The zero-order valence-corrected chi connectivity index (χ0v) is 10.6. The minimum Gasteiger partial charge on any atom is -0.335 e. The lowest BCUT2D eigenvalue weighted by atomic mass is 10.2. The highest BCUT2D eigenvalue weighted by molar-refractivity contribution is 7.14. The highest BCUT2D eigenvalue weighted by Crippen LogP contribution is 2.22. The van der Waals surface area contributed by atoms with Crippen molar-refractivity contribution in [2.45, 2.75) is 13.5 Å². The lowest BCUT2D eigenvalue weighted by Crippen LogP contribution is -2.29. The highest BCUT2D eigenvalue weighted by Gasteiger charge is 2.12. The van der Waals surface area contributed by atoms with Gasteiger partial charge in [-0.25, -0.2) is 5.84 Å². The van der Waals surface area contributed by atoms with Crippen molar-refractivity contribution in [2.75, 3.05) is 0 Å².